The molecule has 32 heavy (non-hydrogen) atoms. The lowest BCUT2D eigenvalue weighted by atomic mass is 10.1. The maximum Gasteiger partial charge on any atom is 0.244 e. The molecule has 1 heterocycles. The SMILES string of the molecule is COc1ccc(S(=O)(=O)N[C@H](C(=O)Nc2ncc(Cc3cccc(F)c3)s2)C(C)C)cc1. The molecule has 0 unspecified atom stereocenters. The standard InChI is InChI=1S/C22H24FN3O4S2/c1-14(2)20(26-32(28,29)19-9-7-17(30-3)8-10-19)21(27)25-22-24-13-18(31-22)12-15-5-4-6-16(23)11-15/h4-11,13-14,20,26H,12H2,1-3H3,(H,24,25,27)/t20-/m0/s1. The van der Waals surface area contributed by atoms with Crippen LogP contribution in [0.2, 0.25) is 0 Å². The molecule has 170 valence electrons. The van der Waals surface area contributed by atoms with Crippen molar-refractivity contribution >= 4 is 32.4 Å². The second-order valence-corrected chi connectivity index (χ2v) is 10.3. The van der Waals surface area contributed by atoms with Crippen LogP contribution in [0.4, 0.5) is 9.52 Å². The summed E-state index contributed by atoms with van der Waals surface area (Å²) in [4.78, 5) is 17.9. The Morgan fingerprint density at radius 3 is 2.53 bits per heavy atom. The van der Waals surface area contributed by atoms with Gasteiger partial charge in [0.2, 0.25) is 15.9 Å². The number of amides is 1. The van der Waals surface area contributed by atoms with Gasteiger partial charge in [-0.1, -0.05) is 26.0 Å². The molecule has 3 aromatic rings. The Morgan fingerprint density at radius 1 is 1.19 bits per heavy atom. The summed E-state index contributed by atoms with van der Waals surface area (Å²) in [5, 5.41) is 3.02. The van der Waals surface area contributed by atoms with Gasteiger partial charge in [0.15, 0.2) is 5.13 Å². The zero-order valence-electron chi connectivity index (χ0n) is 17.8. The van der Waals surface area contributed by atoms with E-state index in [1.807, 2.05) is 6.07 Å². The molecule has 2 aromatic carbocycles. The number of thiazole rings is 1. The number of carbonyl (C=O) groups excluding carboxylic acids is 1. The van der Waals surface area contributed by atoms with Crippen LogP contribution in [0, 0.1) is 11.7 Å². The second-order valence-electron chi connectivity index (χ2n) is 7.45. The molecule has 0 aliphatic heterocycles. The molecule has 0 radical (unpaired) electrons. The highest BCUT2D eigenvalue weighted by molar-refractivity contribution is 7.89. The van der Waals surface area contributed by atoms with Crippen LogP contribution < -0.4 is 14.8 Å². The smallest absolute Gasteiger partial charge is 0.244 e. The molecule has 0 spiro atoms. The molecule has 7 nitrogen and oxygen atoms in total. The number of hydrogen-bond donors (Lipinski definition) is 2. The van der Waals surface area contributed by atoms with E-state index in [0.29, 0.717) is 17.3 Å². The molecule has 0 saturated heterocycles. The molecule has 0 bridgehead atoms. The van der Waals surface area contributed by atoms with Gasteiger partial charge in [-0.25, -0.2) is 17.8 Å². The molecular formula is C22H24FN3O4S2. The molecule has 0 aliphatic carbocycles. The van der Waals surface area contributed by atoms with Gasteiger partial charge < -0.3 is 10.1 Å². The summed E-state index contributed by atoms with van der Waals surface area (Å²) < 4.78 is 46.4. The van der Waals surface area contributed by atoms with Crippen molar-refractivity contribution in [1.82, 2.24) is 9.71 Å². The Bertz CT molecular complexity index is 1180. The molecule has 10 heteroatoms. The minimum absolute atomic E-state index is 0.0309. The number of aromatic nitrogens is 1. The molecular weight excluding hydrogens is 453 g/mol. The Hall–Kier alpha value is -2.82. The third-order valence-electron chi connectivity index (χ3n) is 4.65. The number of nitrogens with one attached hydrogen (secondary N) is 2. The van der Waals surface area contributed by atoms with Crippen LogP contribution in [-0.2, 0) is 21.2 Å². The van der Waals surface area contributed by atoms with E-state index in [2.05, 4.69) is 15.0 Å². The Kier molecular flexibility index (Phi) is 7.60. The van der Waals surface area contributed by atoms with Gasteiger partial charge in [0.1, 0.15) is 17.6 Å². The first-order valence-electron chi connectivity index (χ1n) is 9.84. The fourth-order valence-corrected chi connectivity index (χ4v) is 5.15. The van der Waals surface area contributed by atoms with Gasteiger partial charge in [-0.2, -0.15) is 4.72 Å². The molecule has 0 fully saturated rings. The molecule has 3 rings (SSSR count). The van der Waals surface area contributed by atoms with Crippen molar-refractivity contribution in [3.05, 3.63) is 71.0 Å². The summed E-state index contributed by atoms with van der Waals surface area (Å²) in [6, 6.07) is 11.2. The van der Waals surface area contributed by atoms with Crippen molar-refractivity contribution < 1.29 is 22.3 Å². The van der Waals surface area contributed by atoms with Crippen molar-refractivity contribution in [2.24, 2.45) is 5.92 Å². The zero-order valence-corrected chi connectivity index (χ0v) is 19.5. The maximum atomic E-state index is 13.4. The summed E-state index contributed by atoms with van der Waals surface area (Å²) in [7, 11) is -2.44. The lowest BCUT2D eigenvalue weighted by Gasteiger charge is -2.21. The van der Waals surface area contributed by atoms with Gasteiger partial charge in [-0.15, -0.1) is 11.3 Å². The van der Waals surface area contributed by atoms with Gasteiger partial charge >= 0.3 is 0 Å². The van der Waals surface area contributed by atoms with Crippen molar-refractivity contribution in [2.45, 2.75) is 31.2 Å². The molecule has 0 aliphatic rings. The number of rotatable bonds is 9. The predicted molar refractivity (Wildman–Crippen MR) is 122 cm³/mol. The first kappa shape index (κ1) is 23.8. The van der Waals surface area contributed by atoms with Gasteiger partial charge in [0.25, 0.3) is 0 Å². The zero-order chi connectivity index (χ0) is 23.3. The van der Waals surface area contributed by atoms with Crippen LogP contribution in [0.1, 0.15) is 24.3 Å². The lowest BCUT2D eigenvalue weighted by molar-refractivity contribution is -0.118. The van der Waals surface area contributed by atoms with Crippen LogP contribution in [0.25, 0.3) is 0 Å². The number of anilines is 1. The first-order valence-corrected chi connectivity index (χ1v) is 12.1. The predicted octanol–water partition coefficient (Wildman–Crippen LogP) is 3.82. The highest BCUT2D eigenvalue weighted by atomic mass is 32.2. The van der Waals surface area contributed by atoms with Crippen molar-refractivity contribution in [3.63, 3.8) is 0 Å². The van der Waals surface area contributed by atoms with Crippen LogP contribution >= 0.6 is 11.3 Å². The quantitative estimate of drug-likeness (QED) is 0.488. The monoisotopic (exact) mass is 477 g/mol. The third kappa shape index (κ3) is 6.12. The highest BCUT2D eigenvalue weighted by Crippen LogP contribution is 2.23. The number of ether oxygens (including phenoxy) is 1. The molecule has 2 N–H and O–H groups in total. The largest absolute Gasteiger partial charge is 0.497 e. The number of benzene rings is 2. The molecule has 1 atom stereocenters. The molecule has 0 saturated carbocycles. The topological polar surface area (TPSA) is 97.4 Å². The molecule has 1 aromatic heterocycles. The number of carbonyl (C=O) groups is 1. The summed E-state index contributed by atoms with van der Waals surface area (Å²) in [5.41, 5.74) is 0.791. The van der Waals surface area contributed by atoms with E-state index in [9.17, 15) is 17.6 Å². The van der Waals surface area contributed by atoms with E-state index in [1.54, 1.807) is 26.1 Å². The Balaban J connectivity index is 1.69. The number of nitrogens with zero attached hydrogens (tertiary/aromatic N) is 1. The number of methoxy groups -OCH3 is 1. The Morgan fingerprint density at radius 2 is 1.91 bits per heavy atom. The second kappa shape index (κ2) is 10.2. The minimum Gasteiger partial charge on any atom is -0.497 e. The molecule has 1 amide bonds. The lowest BCUT2D eigenvalue weighted by Crippen LogP contribution is -2.47. The number of sulfonamides is 1. The number of hydrogen-bond acceptors (Lipinski definition) is 6. The van der Waals surface area contributed by atoms with Gasteiger partial charge in [-0.05, 0) is 47.9 Å². The average Bonchev–Trinajstić information content (AvgIpc) is 3.18. The fraction of sp³-hybridized carbons (Fsp3) is 0.273. The van der Waals surface area contributed by atoms with Crippen LogP contribution in [0.5, 0.6) is 5.75 Å². The van der Waals surface area contributed by atoms with E-state index >= 15 is 0 Å². The highest BCUT2D eigenvalue weighted by Gasteiger charge is 2.29. The van der Waals surface area contributed by atoms with E-state index in [-0.39, 0.29) is 16.6 Å². The van der Waals surface area contributed by atoms with E-state index in [1.165, 1.54) is 54.8 Å². The minimum atomic E-state index is -3.93. The van der Waals surface area contributed by atoms with E-state index in [0.717, 1.165) is 10.4 Å². The van der Waals surface area contributed by atoms with Crippen molar-refractivity contribution in [1.29, 1.82) is 0 Å². The number of halogens is 1. The summed E-state index contributed by atoms with van der Waals surface area (Å²) in [5.74, 6) is -0.608. The van der Waals surface area contributed by atoms with E-state index in [4.69, 9.17) is 4.74 Å². The van der Waals surface area contributed by atoms with Crippen molar-refractivity contribution in [3.8, 4) is 5.75 Å². The normalized spacial score (nSPS) is 12.5. The summed E-state index contributed by atoms with van der Waals surface area (Å²) >= 11 is 1.25. The van der Waals surface area contributed by atoms with Crippen LogP contribution in [-0.4, -0.2) is 32.5 Å². The maximum absolute atomic E-state index is 13.4. The summed E-state index contributed by atoms with van der Waals surface area (Å²) in [6.45, 7) is 3.50. The van der Waals surface area contributed by atoms with Crippen LogP contribution in [0.15, 0.2) is 59.6 Å². The van der Waals surface area contributed by atoms with Crippen LogP contribution in [0.3, 0.4) is 0 Å². The Labute approximate surface area is 190 Å². The van der Waals surface area contributed by atoms with E-state index < -0.39 is 22.0 Å². The fourth-order valence-electron chi connectivity index (χ4n) is 2.96. The third-order valence-corrected chi connectivity index (χ3v) is 7.02. The van der Waals surface area contributed by atoms with Gasteiger partial charge in [-0.3, -0.25) is 4.79 Å². The average molecular weight is 478 g/mol. The summed E-state index contributed by atoms with van der Waals surface area (Å²) in [6.07, 6.45) is 2.08. The van der Waals surface area contributed by atoms with Gasteiger partial charge in [0, 0.05) is 17.5 Å². The van der Waals surface area contributed by atoms with Gasteiger partial charge in [0.05, 0.1) is 12.0 Å². The first-order chi connectivity index (χ1) is 15.2. The van der Waals surface area contributed by atoms with Crippen molar-refractivity contribution in [2.75, 3.05) is 12.4 Å².